The summed E-state index contributed by atoms with van der Waals surface area (Å²) in [6.07, 6.45) is 1.97. The highest BCUT2D eigenvalue weighted by Crippen LogP contribution is 2.31. The molecular formula is C14H16O4S. The molecule has 19 heavy (non-hydrogen) atoms. The van der Waals surface area contributed by atoms with E-state index in [2.05, 4.69) is 6.92 Å². The first-order valence-corrected chi connectivity index (χ1v) is 7.60. The highest BCUT2D eigenvalue weighted by Gasteiger charge is 2.15. The van der Waals surface area contributed by atoms with Gasteiger partial charge in [-0.2, -0.15) is 8.42 Å². The van der Waals surface area contributed by atoms with Crippen LogP contribution in [0.3, 0.4) is 0 Å². The van der Waals surface area contributed by atoms with E-state index >= 15 is 0 Å². The molecule has 0 saturated heterocycles. The van der Waals surface area contributed by atoms with E-state index in [1.165, 1.54) is 6.07 Å². The molecule has 0 saturated carbocycles. The maximum Gasteiger partial charge on any atom is 0.295 e. The zero-order chi connectivity index (χ0) is 13.9. The molecule has 0 aromatic heterocycles. The van der Waals surface area contributed by atoms with Gasteiger partial charge in [0.05, 0.1) is 6.61 Å². The van der Waals surface area contributed by atoms with Gasteiger partial charge >= 0.3 is 0 Å². The van der Waals surface area contributed by atoms with Gasteiger partial charge in [-0.3, -0.25) is 4.55 Å². The molecule has 0 aliphatic carbocycles. The minimum Gasteiger partial charge on any atom is -0.493 e. The molecule has 1 N–H and O–H groups in total. The van der Waals surface area contributed by atoms with Crippen LogP contribution in [-0.4, -0.2) is 19.6 Å². The van der Waals surface area contributed by atoms with Gasteiger partial charge < -0.3 is 4.74 Å². The lowest BCUT2D eigenvalue weighted by molar-refractivity contribution is 0.313. The third-order valence-electron chi connectivity index (χ3n) is 2.88. The summed E-state index contributed by atoms with van der Waals surface area (Å²) in [6, 6.07) is 9.94. The number of rotatable bonds is 5. The Balaban J connectivity index is 2.52. The van der Waals surface area contributed by atoms with Crippen molar-refractivity contribution < 1.29 is 17.7 Å². The lowest BCUT2D eigenvalue weighted by Crippen LogP contribution is -2.01. The van der Waals surface area contributed by atoms with Crippen LogP contribution in [0.1, 0.15) is 19.8 Å². The van der Waals surface area contributed by atoms with Crippen LogP contribution in [0.4, 0.5) is 0 Å². The number of benzene rings is 2. The van der Waals surface area contributed by atoms with Gasteiger partial charge in [0.25, 0.3) is 10.1 Å². The fourth-order valence-corrected chi connectivity index (χ4v) is 2.62. The molecule has 2 rings (SSSR count). The molecule has 0 atom stereocenters. The van der Waals surface area contributed by atoms with Crippen LogP contribution in [-0.2, 0) is 10.1 Å². The third-order valence-corrected chi connectivity index (χ3v) is 3.79. The first kappa shape index (κ1) is 13.8. The second kappa shape index (κ2) is 5.59. The van der Waals surface area contributed by atoms with Crippen molar-refractivity contribution in [2.75, 3.05) is 6.61 Å². The van der Waals surface area contributed by atoms with Crippen LogP contribution in [0.2, 0.25) is 0 Å². The molecule has 0 radical (unpaired) electrons. The zero-order valence-electron chi connectivity index (χ0n) is 10.7. The van der Waals surface area contributed by atoms with Gasteiger partial charge in [0.15, 0.2) is 0 Å². The molecule has 0 spiro atoms. The Kier molecular flexibility index (Phi) is 4.07. The summed E-state index contributed by atoms with van der Waals surface area (Å²) in [7, 11) is -4.23. The van der Waals surface area contributed by atoms with Crippen molar-refractivity contribution in [3.8, 4) is 5.75 Å². The quantitative estimate of drug-likeness (QED) is 0.674. The topological polar surface area (TPSA) is 63.6 Å². The number of unbranched alkanes of at least 4 members (excludes halogenated alkanes) is 1. The van der Waals surface area contributed by atoms with Crippen molar-refractivity contribution in [3.05, 3.63) is 36.4 Å². The molecule has 0 amide bonds. The Morgan fingerprint density at radius 2 is 1.79 bits per heavy atom. The monoisotopic (exact) mass is 280 g/mol. The second-order valence-electron chi connectivity index (χ2n) is 4.28. The van der Waals surface area contributed by atoms with Gasteiger partial charge in [-0.05, 0) is 18.6 Å². The van der Waals surface area contributed by atoms with Gasteiger partial charge in [0.1, 0.15) is 10.6 Å². The molecule has 0 aliphatic rings. The summed E-state index contributed by atoms with van der Waals surface area (Å²) < 4.78 is 37.5. The number of hydrogen-bond acceptors (Lipinski definition) is 3. The van der Waals surface area contributed by atoms with E-state index in [1.54, 1.807) is 24.3 Å². The zero-order valence-corrected chi connectivity index (χ0v) is 11.5. The van der Waals surface area contributed by atoms with Crippen LogP contribution in [0.25, 0.3) is 10.8 Å². The highest BCUT2D eigenvalue weighted by atomic mass is 32.2. The van der Waals surface area contributed by atoms with Crippen molar-refractivity contribution >= 4 is 20.9 Å². The fourth-order valence-electron chi connectivity index (χ4n) is 1.92. The van der Waals surface area contributed by atoms with Crippen molar-refractivity contribution in [2.24, 2.45) is 0 Å². The highest BCUT2D eigenvalue weighted by molar-refractivity contribution is 7.86. The maximum atomic E-state index is 11.3. The predicted octanol–water partition coefficient (Wildman–Crippen LogP) is 3.27. The van der Waals surface area contributed by atoms with Gasteiger partial charge in [0.2, 0.25) is 0 Å². The summed E-state index contributed by atoms with van der Waals surface area (Å²) in [5.74, 6) is 0.636. The standard InChI is InChI=1S/C14H16O4S/c1-2-3-10-18-13-8-9-14(19(15,16)17)12-7-5-4-6-11(12)13/h4-9H,2-3,10H2,1H3,(H,15,16,17). The van der Waals surface area contributed by atoms with E-state index in [-0.39, 0.29) is 4.90 Å². The number of ether oxygens (including phenoxy) is 1. The largest absolute Gasteiger partial charge is 0.493 e. The average Bonchev–Trinajstić information content (AvgIpc) is 2.37. The molecule has 2 aromatic carbocycles. The Hall–Kier alpha value is -1.59. The van der Waals surface area contributed by atoms with E-state index in [0.29, 0.717) is 23.1 Å². The average molecular weight is 280 g/mol. The smallest absolute Gasteiger partial charge is 0.295 e. The molecule has 0 heterocycles. The van der Waals surface area contributed by atoms with E-state index in [9.17, 15) is 13.0 Å². The number of hydrogen-bond donors (Lipinski definition) is 1. The Morgan fingerprint density at radius 3 is 2.42 bits per heavy atom. The van der Waals surface area contributed by atoms with Crippen LogP contribution in [0, 0.1) is 0 Å². The Morgan fingerprint density at radius 1 is 1.11 bits per heavy atom. The van der Waals surface area contributed by atoms with Crippen LogP contribution in [0.15, 0.2) is 41.3 Å². The minimum atomic E-state index is -4.23. The normalized spacial score (nSPS) is 11.7. The summed E-state index contributed by atoms with van der Waals surface area (Å²) >= 11 is 0. The maximum absolute atomic E-state index is 11.3. The van der Waals surface area contributed by atoms with E-state index in [4.69, 9.17) is 4.74 Å². The number of fused-ring (bicyclic) bond motifs is 1. The van der Waals surface area contributed by atoms with E-state index in [1.807, 2.05) is 6.07 Å². The lowest BCUT2D eigenvalue weighted by Gasteiger charge is -2.11. The Bertz CT molecular complexity index is 677. The molecule has 0 aliphatic heterocycles. The lowest BCUT2D eigenvalue weighted by atomic mass is 10.1. The molecule has 2 aromatic rings. The van der Waals surface area contributed by atoms with Crippen LogP contribution >= 0.6 is 0 Å². The SMILES string of the molecule is CCCCOc1ccc(S(=O)(=O)O)c2ccccc12. The molecule has 5 heteroatoms. The van der Waals surface area contributed by atoms with Crippen molar-refractivity contribution in [1.29, 1.82) is 0 Å². The van der Waals surface area contributed by atoms with Gasteiger partial charge in [-0.25, -0.2) is 0 Å². The first-order valence-electron chi connectivity index (χ1n) is 6.16. The molecule has 102 valence electrons. The Labute approximate surface area is 112 Å². The summed E-state index contributed by atoms with van der Waals surface area (Å²) in [5.41, 5.74) is 0. The molecular weight excluding hydrogens is 264 g/mol. The van der Waals surface area contributed by atoms with Crippen LogP contribution in [0.5, 0.6) is 5.75 Å². The molecule has 0 unspecified atom stereocenters. The van der Waals surface area contributed by atoms with Gasteiger partial charge in [-0.15, -0.1) is 0 Å². The molecule has 4 nitrogen and oxygen atoms in total. The fraction of sp³-hybridized carbons (Fsp3) is 0.286. The van der Waals surface area contributed by atoms with Crippen molar-refractivity contribution in [3.63, 3.8) is 0 Å². The van der Waals surface area contributed by atoms with Crippen LogP contribution < -0.4 is 4.74 Å². The summed E-state index contributed by atoms with van der Waals surface area (Å²) in [6.45, 7) is 2.66. The summed E-state index contributed by atoms with van der Waals surface area (Å²) in [4.78, 5) is -0.0917. The van der Waals surface area contributed by atoms with Gasteiger partial charge in [-0.1, -0.05) is 37.6 Å². The van der Waals surface area contributed by atoms with E-state index < -0.39 is 10.1 Å². The molecule has 0 fully saturated rings. The van der Waals surface area contributed by atoms with Crippen molar-refractivity contribution in [1.82, 2.24) is 0 Å². The third kappa shape index (κ3) is 3.05. The molecule has 0 bridgehead atoms. The first-order chi connectivity index (χ1) is 9.04. The summed E-state index contributed by atoms with van der Waals surface area (Å²) in [5, 5.41) is 1.16. The minimum absolute atomic E-state index is 0.0917. The van der Waals surface area contributed by atoms with Gasteiger partial charge in [0, 0.05) is 10.8 Å². The predicted molar refractivity (Wildman–Crippen MR) is 74.2 cm³/mol. The van der Waals surface area contributed by atoms with E-state index in [0.717, 1.165) is 12.8 Å². The second-order valence-corrected chi connectivity index (χ2v) is 5.67. The van der Waals surface area contributed by atoms with Crippen molar-refractivity contribution in [2.45, 2.75) is 24.7 Å².